The number of benzene rings is 1. The summed E-state index contributed by atoms with van der Waals surface area (Å²) >= 11 is 1.48. The van der Waals surface area contributed by atoms with Gasteiger partial charge in [0.2, 0.25) is 5.91 Å². The number of quaternary nitrogens is 1. The summed E-state index contributed by atoms with van der Waals surface area (Å²) in [5.41, 5.74) is 1.78. The van der Waals surface area contributed by atoms with E-state index in [1.807, 2.05) is 40.6 Å². The number of hydrogen-bond acceptors (Lipinski definition) is 5. The van der Waals surface area contributed by atoms with Gasteiger partial charge in [0.25, 0.3) is 5.91 Å². The number of nitrogens with one attached hydrogen (secondary N) is 1. The summed E-state index contributed by atoms with van der Waals surface area (Å²) in [5.74, 6) is 0.280. The van der Waals surface area contributed by atoms with Crippen LogP contribution in [0.25, 0.3) is 0 Å². The maximum Gasteiger partial charge on any atom is 0.289 e. The zero-order valence-corrected chi connectivity index (χ0v) is 17.0. The molecule has 1 aromatic carbocycles. The third-order valence-electron chi connectivity index (χ3n) is 4.98. The summed E-state index contributed by atoms with van der Waals surface area (Å²) in [6.45, 7) is 5.42. The molecular formula is C21H23N4O3S+. The summed E-state index contributed by atoms with van der Waals surface area (Å²) in [4.78, 5) is 34.1. The van der Waals surface area contributed by atoms with Gasteiger partial charge in [-0.3, -0.25) is 14.5 Å². The Morgan fingerprint density at radius 3 is 2.59 bits per heavy atom. The van der Waals surface area contributed by atoms with Crippen molar-refractivity contribution in [3.05, 3.63) is 65.6 Å². The Labute approximate surface area is 173 Å². The molecule has 0 atom stereocenters. The van der Waals surface area contributed by atoms with Crippen molar-refractivity contribution in [3.63, 3.8) is 0 Å². The van der Waals surface area contributed by atoms with Gasteiger partial charge in [0.15, 0.2) is 10.9 Å². The van der Waals surface area contributed by atoms with Gasteiger partial charge in [0, 0.05) is 12.3 Å². The van der Waals surface area contributed by atoms with Crippen LogP contribution in [-0.4, -0.2) is 47.9 Å². The van der Waals surface area contributed by atoms with Crippen molar-refractivity contribution in [1.82, 2.24) is 9.88 Å². The zero-order valence-electron chi connectivity index (χ0n) is 16.2. The fourth-order valence-corrected chi connectivity index (χ4v) is 4.39. The third kappa shape index (κ3) is 4.38. The van der Waals surface area contributed by atoms with Crippen molar-refractivity contribution in [1.29, 1.82) is 0 Å². The molecule has 150 valence electrons. The number of thiazole rings is 1. The maximum atomic E-state index is 12.4. The highest BCUT2D eigenvalue weighted by Crippen LogP contribution is 2.28. The average molecular weight is 412 g/mol. The summed E-state index contributed by atoms with van der Waals surface area (Å²) in [7, 11) is 0. The van der Waals surface area contributed by atoms with Gasteiger partial charge in [0.05, 0.1) is 38.1 Å². The summed E-state index contributed by atoms with van der Waals surface area (Å²) in [6.07, 6.45) is 1.52. The molecule has 0 bridgehead atoms. The quantitative estimate of drug-likeness (QED) is 0.697. The highest BCUT2D eigenvalue weighted by atomic mass is 32.1. The number of anilines is 2. The Kier molecular flexibility index (Phi) is 5.73. The van der Waals surface area contributed by atoms with Gasteiger partial charge in [-0.15, -0.1) is 11.3 Å². The van der Waals surface area contributed by atoms with E-state index in [-0.39, 0.29) is 11.8 Å². The van der Waals surface area contributed by atoms with E-state index in [2.05, 4.69) is 0 Å². The zero-order chi connectivity index (χ0) is 20.2. The molecule has 3 aromatic rings. The van der Waals surface area contributed by atoms with Crippen molar-refractivity contribution in [2.24, 2.45) is 0 Å². The Balaban J connectivity index is 1.37. The number of hydrogen-bond donors (Lipinski definition) is 1. The molecule has 0 aliphatic carbocycles. The number of piperazine rings is 1. The van der Waals surface area contributed by atoms with Gasteiger partial charge in [-0.2, -0.15) is 0 Å². The number of rotatable bonds is 5. The molecule has 3 heterocycles. The first-order valence-corrected chi connectivity index (χ1v) is 10.5. The lowest BCUT2D eigenvalue weighted by molar-refractivity contribution is -0.917. The molecule has 0 spiro atoms. The molecular weight excluding hydrogens is 388 g/mol. The predicted molar refractivity (Wildman–Crippen MR) is 110 cm³/mol. The van der Waals surface area contributed by atoms with Crippen LogP contribution in [0.1, 0.15) is 23.2 Å². The van der Waals surface area contributed by atoms with E-state index in [4.69, 9.17) is 9.40 Å². The number of carbonyl (C=O) groups is 2. The Bertz CT molecular complexity index is 963. The molecule has 4 rings (SSSR count). The molecule has 7 nitrogen and oxygen atoms in total. The Morgan fingerprint density at radius 1 is 1.17 bits per heavy atom. The first-order chi connectivity index (χ1) is 14.1. The fourth-order valence-electron chi connectivity index (χ4n) is 3.50. The van der Waals surface area contributed by atoms with E-state index < -0.39 is 0 Å². The van der Waals surface area contributed by atoms with Crippen molar-refractivity contribution >= 4 is 34.0 Å². The third-order valence-corrected chi connectivity index (χ3v) is 5.86. The van der Waals surface area contributed by atoms with Crippen LogP contribution in [-0.2, 0) is 11.3 Å². The summed E-state index contributed by atoms with van der Waals surface area (Å²) in [5, 5.41) is 2.70. The van der Waals surface area contributed by atoms with Crippen molar-refractivity contribution < 1.29 is 18.9 Å². The predicted octanol–water partition coefficient (Wildman–Crippen LogP) is 1.96. The molecule has 0 unspecified atom stereocenters. The highest BCUT2D eigenvalue weighted by molar-refractivity contribution is 7.14. The van der Waals surface area contributed by atoms with Crippen molar-refractivity contribution in [2.75, 3.05) is 31.1 Å². The van der Waals surface area contributed by atoms with Crippen LogP contribution in [0.3, 0.4) is 0 Å². The minimum absolute atomic E-state index is 0.0510. The minimum Gasteiger partial charge on any atom is -0.459 e. The lowest BCUT2D eigenvalue weighted by atomic mass is 10.2. The molecule has 1 fully saturated rings. The molecule has 29 heavy (non-hydrogen) atoms. The Morgan fingerprint density at radius 2 is 1.93 bits per heavy atom. The first-order valence-electron chi connectivity index (χ1n) is 9.58. The molecule has 0 radical (unpaired) electrons. The maximum absolute atomic E-state index is 12.4. The van der Waals surface area contributed by atoms with Crippen LogP contribution in [0.2, 0.25) is 0 Å². The van der Waals surface area contributed by atoms with Gasteiger partial charge in [0.1, 0.15) is 12.2 Å². The minimum atomic E-state index is -0.0606. The second-order valence-electron chi connectivity index (χ2n) is 7.01. The molecule has 1 saturated heterocycles. The second kappa shape index (κ2) is 8.59. The lowest BCUT2D eigenvalue weighted by Gasteiger charge is -2.31. The van der Waals surface area contributed by atoms with Crippen molar-refractivity contribution in [2.45, 2.75) is 13.5 Å². The molecule has 1 aliphatic heterocycles. The van der Waals surface area contributed by atoms with Crippen LogP contribution in [0, 0.1) is 0 Å². The standard InChI is InChI=1S/C21H22N4O3S/c1-16(26)25(18-6-3-2-4-7-18)21-22-17(15-29-21)14-23-9-11-24(12-10-23)20(27)19-8-5-13-28-19/h2-8,13,15H,9-12,14H2,1H3/p+1. The van der Waals surface area contributed by atoms with Crippen molar-refractivity contribution in [3.8, 4) is 0 Å². The van der Waals surface area contributed by atoms with Gasteiger partial charge >= 0.3 is 0 Å². The van der Waals surface area contributed by atoms with Crippen LogP contribution < -0.4 is 9.80 Å². The van der Waals surface area contributed by atoms with E-state index in [1.165, 1.54) is 22.5 Å². The first kappa shape index (κ1) is 19.4. The van der Waals surface area contributed by atoms with Crippen LogP contribution in [0.15, 0.2) is 58.5 Å². The van der Waals surface area contributed by atoms with Gasteiger partial charge in [-0.25, -0.2) is 4.98 Å². The largest absolute Gasteiger partial charge is 0.459 e. The number of aromatic nitrogens is 1. The van der Waals surface area contributed by atoms with E-state index in [1.54, 1.807) is 24.0 Å². The topological polar surface area (TPSA) is 71.1 Å². The summed E-state index contributed by atoms with van der Waals surface area (Å²) < 4.78 is 5.21. The number of nitrogens with zero attached hydrogens (tertiary/aromatic N) is 3. The highest BCUT2D eigenvalue weighted by Gasteiger charge is 2.27. The number of carbonyl (C=O) groups excluding carboxylic acids is 2. The van der Waals surface area contributed by atoms with Crippen LogP contribution >= 0.6 is 11.3 Å². The number of para-hydroxylation sites is 1. The van der Waals surface area contributed by atoms with Crippen LogP contribution in [0.4, 0.5) is 10.8 Å². The Hall–Kier alpha value is -2.97. The normalized spacial score (nSPS) is 14.7. The monoisotopic (exact) mass is 411 g/mol. The van der Waals surface area contributed by atoms with E-state index >= 15 is 0 Å². The molecule has 2 aromatic heterocycles. The van der Waals surface area contributed by atoms with Gasteiger partial charge in [-0.1, -0.05) is 18.2 Å². The lowest BCUT2D eigenvalue weighted by Crippen LogP contribution is -3.13. The molecule has 2 amide bonds. The molecule has 0 saturated carbocycles. The van der Waals surface area contributed by atoms with E-state index in [0.29, 0.717) is 24.0 Å². The molecule has 1 N–H and O–H groups in total. The van der Waals surface area contributed by atoms with Gasteiger partial charge < -0.3 is 14.2 Å². The summed E-state index contributed by atoms with van der Waals surface area (Å²) in [6, 6.07) is 13.0. The smallest absolute Gasteiger partial charge is 0.289 e. The van der Waals surface area contributed by atoms with Gasteiger partial charge in [-0.05, 0) is 24.3 Å². The van der Waals surface area contributed by atoms with E-state index in [0.717, 1.165) is 31.0 Å². The fraction of sp³-hybridized carbons (Fsp3) is 0.286. The number of amides is 2. The second-order valence-corrected chi connectivity index (χ2v) is 7.84. The van der Waals surface area contributed by atoms with Crippen LogP contribution in [0.5, 0.6) is 0 Å². The van der Waals surface area contributed by atoms with E-state index in [9.17, 15) is 9.59 Å². The molecule has 8 heteroatoms. The average Bonchev–Trinajstić information content (AvgIpc) is 3.41. The number of furan rings is 1. The SMILES string of the molecule is CC(=O)N(c1ccccc1)c1nc(C[NH+]2CCN(C(=O)c3ccco3)CC2)cs1. The molecule has 1 aliphatic rings.